The molecule has 0 amide bonds. The summed E-state index contributed by atoms with van der Waals surface area (Å²) in [6, 6.07) is 4.96. The Morgan fingerprint density at radius 1 is 1.44 bits per heavy atom. The van der Waals surface area contributed by atoms with E-state index in [1.54, 1.807) is 13.0 Å². The molecule has 1 rings (SSSR count). The normalized spacial score (nSPS) is 12.9. The quantitative estimate of drug-likeness (QED) is 0.872. The molecule has 0 aliphatic heterocycles. The van der Waals surface area contributed by atoms with Gasteiger partial charge in [0.15, 0.2) is 0 Å². The van der Waals surface area contributed by atoms with Gasteiger partial charge in [0.05, 0.1) is 17.2 Å². The summed E-state index contributed by atoms with van der Waals surface area (Å²) >= 11 is 0. The summed E-state index contributed by atoms with van der Waals surface area (Å²) in [6.45, 7) is 1.79. The fourth-order valence-electron chi connectivity index (χ4n) is 1.36. The third-order valence-electron chi connectivity index (χ3n) is 2.41. The number of aliphatic hydroxyl groups excluding tert-OH is 1. The molecule has 0 heterocycles. The summed E-state index contributed by atoms with van der Waals surface area (Å²) < 4.78 is 38.2. The van der Waals surface area contributed by atoms with Crippen molar-refractivity contribution in [2.75, 3.05) is 18.5 Å². The molecule has 0 fully saturated rings. The number of benzene rings is 1. The van der Waals surface area contributed by atoms with E-state index >= 15 is 0 Å². The standard InChI is InChI=1S/C12H13F3N2O/c1-8(7-18)6-17-11-4-9(5-16)2-3-10(11)12(13,14)15/h2-4,8,17-18H,6-7H2,1H3/t8-/m0/s1. The zero-order chi connectivity index (χ0) is 13.8. The predicted octanol–water partition coefficient (Wildman–Crippen LogP) is 2.62. The Morgan fingerprint density at radius 3 is 2.61 bits per heavy atom. The second kappa shape index (κ2) is 5.74. The van der Waals surface area contributed by atoms with Gasteiger partial charge in [-0.3, -0.25) is 0 Å². The van der Waals surface area contributed by atoms with Crippen LogP contribution in [-0.4, -0.2) is 18.3 Å². The molecule has 0 unspecified atom stereocenters. The summed E-state index contributed by atoms with van der Waals surface area (Å²) in [7, 11) is 0. The Balaban J connectivity index is 3.02. The van der Waals surface area contributed by atoms with Crippen molar-refractivity contribution in [3.05, 3.63) is 29.3 Å². The molecule has 2 N–H and O–H groups in total. The number of anilines is 1. The molecule has 0 aromatic heterocycles. The van der Waals surface area contributed by atoms with Gasteiger partial charge < -0.3 is 10.4 Å². The van der Waals surface area contributed by atoms with Gasteiger partial charge in [0.1, 0.15) is 0 Å². The van der Waals surface area contributed by atoms with E-state index in [0.717, 1.165) is 18.2 Å². The fourth-order valence-corrected chi connectivity index (χ4v) is 1.36. The monoisotopic (exact) mass is 258 g/mol. The first kappa shape index (κ1) is 14.3. The number of alkyl halides is 3. The van der Waals surface area contributed by atoms with Crippen LogP contribution >= 0.6 is 0 Å². The minimum Gasteiger partial charge on any atom is -0.396 e. The molecular weight excluding hydrogens is 245 g/mol. The average Bonchev–Trinajstić information content (AvgIpc) is 2.34. The zero-order valence-corrected chi connectivity index (χ0v) is 9.75. The maximum absolute atomic E-state index is 12.7. The molecule has 0 bridgehead atoms. The van der Waals surface area contributed by atoms with Gasteiger partial charge in [-0.05, 0) is 24.1 Å². The molecule has 0 aliphatic carbocycles. The van der Waals surface area contributed by atoms with Crippen LogP contribution < -0.4 is 5.32 Å². The largest absolute Gasteiger partial charge is 0.418 e. The third kappa shape index (κ3) is 3.64. The first-order valence-electron chi connectivity index (χ1n) is 5.34. The van der Waals surface area contributed by atoms with Gasteiger partial charge in [0.25, 0.3) is 0 Å². The van der Waals surface area contributed by atoms with Crippen LogP contribution in [0.15, 0.2) is 18.2 Å². The highest BCUT2D eigenvalue weighted by Gasteiger charge is 2.33. The summed E-state index contributed by atoms with van der Waals surface area (Å²) in [5.41, 5.74) is -0.796. The molecule has 3 nitrogen and oxygen atoms in total. The molecule has 1 aromatic rings. The van der Waals surface area contributed by atoms with Crippen molar-refractivity contribution in [2.45, 2.75) is 13.1 Å². The molecule has 1 aromatic carbocycles. The number of nitrogens with zero attached hydrogens (tertiary/aromatic N) is 1. The number of nitrogens with one attached hydrogen (secondary N) is 1. The second-order valence-corrected chi connectivity index (χ2v) is 4.04. The lowest BCUT2D eigenvalue weighted by molar-refractivity contribution is -0.136. The molecule has 98 valence electrons. The average molecular weight is 258 g/mol. The number of hydrogen-bond acceptors (Lipinski definition) is 3. The zero-order valence-electron chi connectivity index (χ0n) is 9.75. The second-order valence-electron chi connectivity index (χ2n) is 4.04. The number of hydrogen-bond donors (Lipinski definition) is 2. The number of nitriles is 1. The molecule has 0 saturated carbocycles. The van der Waals surface area contributed by atoms with Crippen LogP contribution in [0.25, 0.3) is 0 Å². The predicted molar refractivity (Wildman–Crippen MR) is 60.9 cm³/mol. The Kier molecular flexibility index (Phi) is 4.56. The van der Waals surface area contributed by atoms with E-state index in [0.29, 0.717) is 0 Å². The molecular formula is C12H13F3N2O. The Hall–Kier alpha value is -1.74. The van der Waals surface area contributed by atoms with Crippen LogP contribution in [0.3, 0.4) is 0 Å². The summed E-state index contributed by atoms with van der Waals surface area (Å²) in [6.07, 6.45) is -4.47. The summed E-state index contributed by atoms with van der Waals surface area (Å²) in [4.78, 5) is 0. The lowest BCUT2D eigenvalue weighted by atomic mass is 10.1. The SMILES string of the molecule is C[C@H](CO)CNc1cc(C#N)ccc1C(F)(F)F. The Labute approximate surface area is 103 Å². The topological polar surface area (TPSA) is 56.0 Å². The van der Waals surface area contributed by atoms with Gasteiger partial charge >= 0.3 is 6.18 Å². The molecule has 18 heavy (non-hydrogen) atoms. The number of halogens is 3. The van der Waals surface area contributed by atoms with Gasteiger partial charge in [-0.25, -0.2) is 0 Å². The van der Waals surface area contributed by atoms with Crippen LogP contribution in [0.4, 0.5) is 18.9 Å². The van der Waals surface area contributed by atoms with Crippen molar-refractivity contribution < 1.29 is 18.3 Å². The summed E-state index contributed by atoms with van der Waals surface area (Å²) in [5, 5.41) is 20.1. The van der Waals surface area contributed by atoms with E-state index in [2.05, 4.69) is 5.32 Å². The molecule has 6 heteroatoms. The lowest BCUT2D eigenvalue weighted by Gasteiger charge is -2.16. The first-order chi connectivity index (χ1) is 8.38. The van der Waals surface area contributed by atoms with Gasteiger partial charge in [0, 0.05) is 18.8 Å². The van der Waals surface area contributed by atoms with Gasteiger partial charge in [-0.2, -0.15) is 18.4 Å². The smallest absolute Gasteiger partial charge is 0.396 e. The van der Waals surface area contributed by atoms with E-state index in [9.17, 15) is 13.2 Å². The van der Waals surface area contributed by atoms with Gasteiger partial charge in [0.2, 0.25) is 0 Å². The van der Waals surface area contributed by atoms with E-state index in [1.807, 2.05) is 0 Å². The Bertz CT molecular complexity index is 452. The van der Waals surface area contributed by atoms with Crippen molar-refractivity contribution in [3.8, 4) is 6.07 Å². The highest BCUT2D eigenvalue weighted by Crippen LogP contribution is 2.35. The summed E-state index contributed by atoms with van der Waals surface area (Å²) in [5.74, 6) is -0.170. The first-order valence-corrected chi connectivity index (χ1v) is 5.34. The minimum atomic E-state index is -4.47. The maximum atomic E-state index is 12.7. The van der Waals surface area contributed by atoms with Crippen molar-refractivity contribution in [1.82, 2.24) is 0 Å². The van der Waals surface area contributed by atoms with Crippen molar-refractivity contribution in [2.24, 2.45) is 5.92 Å². The highest BCUT2D eigenvalue weighted by atomic mass is 19.4. The van der Waals surface area contributed by atoms with Crippen molar-refractivity contribution in [1.29, 1.82) is 5.26 Å². The van der Waals surface area contributed by atoms with E-state index < -0.39 is 11.7 Å². The third-order valence-corrected chi connectivity index (χ3v) is 2.41. The fraction of sp³-hybridized carbons (Fsp3) is 0.417. The highest BCUT2D eigenvalue weighted by molar-refractivity contribution is 5.57. The van der Waals surface area contributed by atoms with Crippen molar-refractivity contribution >= 4 is 5.69 Å². The minimum absolute atomic E-state index is 0.119. The molecule has 0 radical (unpaired) electrons. The molecule has 1 atom stereocenters. The number of rotatable bonds is 4. The van der Waals surface area contributed by atoms with E-state index in [1.165, 1.54) is 0 Å². The van der Waals surface area contributed by atoms with E-state index in [4.69, 9.17) is 10.4 Å². The van der Waals surface area contributed by atoms with Crippen LogP contribution in [-0.2, 0) is 6.18 Å². The van der Waals surface area contributed by atoms with Crippen LogP contribution in [0.5, 0.6) is 0 Å². The molecule has 0 saturated heterocycles. The van der Waals surface area contributed by atoms with Crippen LogP contribution in [0.1, 0.15) is 18.1 Å². The Morgan fingerprint density at radius 2 is 2.11 bits per heavy atom. The van der Waals surface area contributed by atoms with Crippen molar-refractivity contribution in [3.63, 3.8) is 0 Å². The van der Waals surface area contributed by atoms with Gasteiger partial charge in [-0.15, -0.1) is 0 Å². The van der Waals surface area contributed by atoms with Gasteiger partial charge in [-0.1, -0.05) is 6.92 Å². The molecule has 0 aliphatic rings. The lowest BCUT2D eigenvalue weighted by Crippen LogP contribution is -2.17. The van der Waals surface area contributed by atoms with Crippen LogP contribution in [0.2, 0.25) is 0 Å². The molecule has 0 spiro atoms. The van der Waals surface area contributed by atoms with Crippen LogP contribution in [0, 0.1) is 17.2 Å². The van der Waals surface area contributed by atoms with E-state index in [-0.39, 0.29) is 30.3 Å². The number of aliphatic hydroxyl groups is 1. The maximum Gasteiger partial charge on any atom is 0.418 e.